The van der Waals surface area contributed by atoms with Crippen molar-refractivity contribution in [1.82, 2.24) is 0 Å². The summed E-state index contributed by atoms with van der Waals surface area (Å²) in [5.41, 5.74) is 0. The molecule has 0 bridgehead atoms. The van der Waals surface area contributed by atoms with Gasteiger partial charge < -0.3 is 9.47 Å². The fourth-order valence-corrected chi connectivity index (χ4v) is 0.921. The molecule has 100 valence electrons. The van der Waals surface area contributed by atoms with Gasteiger partial charge in [0, 0.05) is 19.8 Å². The van der Waals surface area contributed by atoms with E-state index < -0.39 is 0 Å². The molecule has 5 nitrogen and oxygen atoms in total. The van der Waals surface area contributed by atoms with Crippen molar-refractivity contribution >= 4 is 40.4 Å². The fourth-order valence-electron chi connectivity index (χ4n) is 0.443. The first-order valence-corrected chi connectivity index (χ1v) is 6.50. The highest BCUT2D eigenvalue weighted by Gasteiger charge is 1.98. The number of ether oxygens (including phenoxy) is 2. The lowest BCUT2D eigenvalue weighted by Gasteiger charge is -1.98. The number of carbonyl (C=O) groups is 3. The number of hydrogen-bond donors (Lipinski definition) is 0. The fraction of sp³-hybridized carbons (Fsp3) is 0.700. The molecule has 0 aromatic rings. The van der Waals surface area contributed by atoms with Crippen molar-refractivity contribution in [3.8, 4) is 0 Å². The Balaban J connectivity index is 0. The lowest BCUT2D eigenvalue weighted by Crippen LogP contribution is -2.02. The summed E-state index contributed by atoms with van der Waals surface area (Å²) in [6.45, 7) is 4.86. The van der Waals surface area contributed by atoms with Gasteiger partial charge in [-0.15, -0.1) is 0 Å². The van der Waals surface area contributed by atoms with Gasteiger partial charge in [0.2, 0.25) is 0 Å². The predicted octanol–water partition coefficient (Wildman–Crippen LogP) is 2.31. The summed E-state index contributed by atoms with van der Waals surface area (Å²) in [5, 5.41) is -0.0381. The molecule has 7 heteroatoms. The van der Waals surface area contributed by atoms with Gasteiger partial charge in [-0.05, 0) is 11.8 Å². The van der Waals surface area contributed by atoms with Gasteiger partial charge in [-0.2, -0.15) is 0 Å². The van der Waals surface area contributed by atoms with Crippen LogP contribution in [0, 0.1) is 0 Å². The van der Waals surface area contributed by atoms with Gasteiger partial charge in [0.05, 0.1) is 0 Å². The molecule has 0 atom stereocenters. The van der Waals surface area contributed by atoms with E-state index in [1.807, 2.05) is 0 Å². The number of carbonyl (C=O) groups excluding carboxylic acids is 3. The van der Waals surface area contributed by atoms with Crippen LogP contribution in [0.5, 0.6) is 0 Å². The quantitative estimate of drug-likeness (QED) is 0.438. The third-order valence-corrected chi connectivity index (χ3v) is 2.03. The topological polar surface area (TPSA) is 69.7 Å². The molecule has 0 aliphatic rings. The zero-order valence-corrected chi connectivity index (χ0v) is 11.7. The highest BCUT2D eigenvalue weighted by Crippen LogP contribution is 2.01. The van der Waals surface area contributed by atoms with Crippen LogP contribution in [0.15, 0.2) is 0 Å². The maximum Gasteiger partial charge on any atom is 0.306 e. The van der Waals surface area contributed by atoms with Crippen LogP contribution >= 0.6 is 23.4 Å². The maximum absolute atomic E-state index is 10.4. The van der Waals surface area contributed by atoms with Crippen LogP contribution in [0.25, 0.3) is 0 Å². The molecular weight excluding hydrogens is 268 g/mol. The number of esters is 2. The van der Waals surface area contributed by atoms with Gasteiger partial charge in [0.25, 0.3) is 0 Å². The van der Waals surface area contributed by atoms with Crippen LogP contribution in [-0.2, 0) is 23.9 Å². The minimum Gasteiger partial charge on any atom is -0.454 e. The standard InChI is InChI=1S/C6H10O3S.C4H7ClO2/c1-3-6(8)9-4-10-5(2)7;1-2-4(6)7-3-5/h3-4H2,1-2H3;2-3H2,1H3. The van der Waals surface area contributed by atoms with E-state index in [0.717, 1.165) is 11.8 Å². The Morgan fingerprint density at radius 3 is 1.82 bits per heavy atom. The summed E-state index contributed by atoms with van der Waals surface area (Å²) in [5.74, 6) is -0.383. The van der Waals surface area contributed by atoms with Gasteiger partial charge in [0.1, 0.15) is 5.94 Å². The van der Waals surface area contributed by atoms with Gasteiger partial charge >= 0.3 is 11.9 Å². The summed E-state index contributed by atoms with van der Waals surface area (Å²) in [7, 11) is 0. The Labute approximate surface area is 110 Å². The van der Waals surface area contributed by atoms with Crippen LogP contribution in [0.3, 0.4) is 0 Å². The lowest BCUT2D eigenvalue weighted by atomic mass is 10.5. The first-order chi connectivity index (χ1) is 7.97. The number of hydrogen-bond acceptors (Lipinski definition) is 6. The summed E-state index contributed by atoms with van der Waals surface area (Å²) in [4.78, 5) is 30.8. The summed E-state index contributed by atoms with van der Waals surface area (Å²) < 4.78 is 8.92. The highest BCUT2D eigenvalue weighted by molar-refractivity contribution is 8.13. The van der Waals surface area contributed by atoms with E-state index in [1.54, 1.807) is 13.8 Å². The normalized spacial score (nSPS) is 8.71. The average Bonchev–Trinajstić information content (AvgIpc) is 2.29. The second kappa shape index (κ2) is 13.3. The number of alkyl halides is 1. The predicted molar refractivity (Wildman–Crippen MR) is 66.6 cm³/mol. The van der Waals surface area contributed by atoms with Crippen LogP contribution < -0.4 is 0 Å². The lowest BCUT2D eigenvalue weighted by molar-refractivity contribution is -0.142. The Morgan fingerprint density at radius 1 is 1.06 bits per heavy atom. The SMILES string of the molecule is CCC(=O)OCCl.CCC(=O)OCSC(C)=O. The van der Waals surface area contributed by atoms with E-state index in [0.29, 0.717) is 12.8 Å². The van der Waals surface area contributed by atoms with Crippen molar-refractivity contribution in [2.75, 3.05) is 12.0 Å². The Hall–Kier alpha value is -0.750. The first-order valence-electron chi connectivity index (χ1n) is 4.98. The van der Waals surface area contributed by atoms with Gasteiger partial charge in [-0.25, -0.2) is 0 Å². The largest absolute Gasteiger partial charge is 0.454 e. The molecule has 0 N–H and O–H groups in total. The minimum absolute atomic E-state index is 0.0350. The van der Waals surface area contributed by atoms with Crippen molar-refractivity contribution in [1.29, 1.82) is 0 Å². The Bertz CT molecular complexity index is 245. The molecule has 0 unspecified atom stereocenters. The molecule has 17 heavy (non-hydrogen) atoms. The van der Waals surface area contributed by atoms with Crippen LogP contribution in [0.1, 0.15) is 33.6 Å². The molecule has 0 aliphatic heterocycles. The molecule has 0 rings (SSSR count). The van der Waals surface area contributed by atoms with Gasteiger partial charge in [0.15, 0.2) is 11.2 Å². The molecule has 0 fully saturated rings. The molecule has 0 aliphatic carbocycles. The summed E-state index contributed by atoms with van der Waals surface area (Å²) in [6, 6.07) is -0.0350. The first kappa shape index (κ1) is 18.6. The van der Waals surface area contributed by atoms with E-state index in [9.17, 15) is 14.4 Å². The Morgan fingerprint density at radius 2 is 1.53 bits per heavy atom. The van der Waals surface area contributed by atoms with Crippen LogP contribution in [-0.4, -0.2) is 29.1 Å². The van der Waals surface area contributed by atoms with Gasteiger partial charge in [-0.3, -0.25) is 14.4 Å². The van der Waals surface area contributed by atoms with Crippen molar-refractivity contribution < 1.29 is 23.9 Å². The molecule has 0 spiro atoms. The van der Waals surface area contributed by atoms with E-state index in [4.69, 9.17) is 11.6 Å². The molecule has 0 saturated heterocycles. The van der Waals surface area contributed by atoms with Crippen molar-refractivity contribution in [3.05, 3.63) is 0 Å². The van der Waals surface area contributed by atoms with E-state index in [2.05, 4.69) is 9.47 Å². The number of thioether (sulfide) groups is 1. The van der Waals surface area contributed by atoms with Crippen LogP contribution in [0.4, 0.5) is 0 Å². The summed E-state index contributed by atoms with van der Waals surface area (Å²) in [6.07, 6.45) is 0.755. The summed E-state index contributed by atoms with van der Waals surface area (Å²) >= 11 is 6.03. The third-order valence-electron chi connectivity index (χ3n) is 1.27. The number of halogens is 1. The zero-order chi connectivity index (χ0) is 13.7. The van der Waals surface area contributed by atoms with Crippen molar-refractivity contribution in [2.24, 2.45) is 0 Å². The minimum atomic E-state index is -0.270. The van der Waals surface area contributed by atoms with Crippen LogP contribution in [0.2, 0.25) is 0 Å². The molecule has 0 radical (unpaired) electrons. The average molecular weight is 285 g/mol. The second-order valence-electron chi connectivity index (χ2n) is 2.60. The molecule has 0 aromatic carbocycles. The van der Waals surface area contributed by atoms with Crippen molar-refractivity contribution in [3.63, 3.8) is 0 Å². The molecule has 0 aromatic heterocycles. The molecule has 0 amide bonds. The van der Waals surface area contributed by atoms with Gasteiger partial charge in [-0.1, -0.05) is 25.4 Å². The molecule has 0 heterocycles. The Kier molecular flexibility index (Phi) is 14.6. The number of rotatable bonds is 5. The molecule has 0 saturated carbocycles. The maximum atomic E-state index is 10.4. The molecular formula is C10H17ClO5S. The van der Waals surface area contributed by atoms with E-state index in [1.165, 1.54) is 6.92 Å². The van der Waals surface area contributed by atoms with E-state index in [-0.39, 0.29) is 29.1 Å². The van der Waals surface area contributed by atoms with Crippen molar-refractivity contribution in [2.45, 2.75) is 33.6 Å². The van der Waals surface area contributed by atoms with E-state index >= 15 is 0 Å². The second-order valence-corrected chi connectivity index (χ2v) is 3.92. The smallest absolute Gasteiger partial charge is 0.306 e. The monoisotopic (exact) mass is 284 g/mol. The zero-order valence-electron chi connectivity index (χ0n) is 10.2. The highest BCUT2D eigenvalue weighted by atomic mass is 35.5. The third kappa shape index (κ3) is 17.8.